The Labute approximate surface area is 211 Å². The number of carbonyl (C=O) groups is 2. The van der Waals surface area contributed by atoms with Crippen LogP contribution >= 0.6 is 0 Å². The highest BCUT2D eigenvalue weighted by Gasteiger charge is 2.56. The lowest BCUT2D eigenvalue weighted by molar-refractivity contribution is -0.140. The highest BCUT2D eigenvalue weighted by Crippen LogP contribution is 2.63. The van der Waals surface area contributed by atoms with Crippen LogP contribution in [0.4, 0.5) is 14.5 Å². The lowest BCUT2D eigenvalue weighted by Gasteiger charge is -2.52. The minimum absolute atomic E-state index is 0.155. The van der Waals surface area contributed by atoms with E-state index < -0.39 is 17.7 Å². The number of carbonyl (C=O) groups excluding carboxylic acids is 2. The quantitative estimate of drug-likeness (QED) is 0.394. The number of allylic oxidation sites excluding steroid dienone is 4. The topological polar surface area (TPSA) is 75.6 Å². The van der Waals surface area contributed by atoms with Crippen LogP contribution < -0.4 is 5.32 Å². The van der Waals surface area contributed by atoms with Crippen molar-refractivity contribution in [2.24, 2.45) is 17.3 Å². The summed E-state index contributed by atoms with van der Waals surface area (Å²) >= 11 is 0. The van der Waals surface area contributed by atoms with Gasteiger partial charge in [-0.15, -0.1) is 0 Å². The summed E-state index contributed by atoms with van der Waals surface area (Å²) < 4.78 is 35.4. The number of benzene rings is 1. The summed E-state index contributed by atoms with van der Waals surface area (Å²) in [6.07, 6.45) is 7.08. The van der Waals surface area contributed by atoms with Gasteiger partial charge in [-0.25, -0.2) is 8.78 Å². The fourth-order valence-corrected chi connectivity index (χ4v) is 7.40. The average molecular weight is 500 g/mol. The van der Waals surface area contributed by atoms with Crippen LogP contribution in [0.25, 0.3) is 0 Å². The van der Waals surface area contributed by atoms with E-state index in [1.165, 1.54) is 30.2 Å². The second-order valence-corrected chi connectivity index (χ2v) is 11.2. The van der Waals surface area contributed by atoms with E-state index in [9.17, 15) is 14.7 Å². The summed E-state index contributed by atoms with van der Waals surface area (Å²) in [4.78, 5) is 23.0. The number of esters is 1. The molecule has 5 nitrogen and oxygen atoms in total. The minimum atomic E-state index is -0.649. The van der Waals surface area contributed by atoms with Gasteiger partial charge >= 0.3 is 5.97 Å². The van der Waals surface area contributed by atoms with Gasteiger partial charge in [0.05, 0.1) is 12.7 Å². The predicted octanol–water partition coefficient (Wildman–Crippen LogP) is 5.59. The number of aliphatic hydroxyl groups is 1. The molecule has 2 saturated carbocycles. The van der Waals surface area contributed by atoms with Gasteiger partial charge in [0, 0.05) is 25.8 Å². The lowest BCUT2D eigenvalue weighted by atomic mass is 9.53. The number of anilines is 1. The molecule has 4 aliphatic rings. The Morgan fingerprint density at radius 1 is 1.17 bits per heavy atom. The van der Waals surface area contributed by atoms with Crippen molar-refractivity contribution in [3.05, 3.63) is 52.1 Å². The highest BCUT2D eigenvalue weighted by molar-refractivity contribution is 5.93. The van der Waals surface area contributed by atoms with E-state index in [4.69, 9.17) is 4.74 Å². The molecule has 1 aromatic carbocycles. The van der Waals surface area contributed by atoms with Gasteiger partial charge in [-0.3, -0.25) is 9.59 Å². The van der Waals surface area contributed by atoms with Gasteiger partial charge in [-0.05, 0) is 97.1 Å². The Morgan fingerprint density at radius 2 is 1.92 bits per heavy atom. The Balaban J connectivity index is 1.49. The van der Waals surface area contributed by atoms with Crippen molar-refractivity contribution in [2.45, 2.75) is 77.2 Å². The summed E-state index contributed by atoms with van der Waals surface area (Å²) in [5.41, 5.74) is 3.68. The zero-order valence-corrected chi connectivity index (χ0v) is 21.0. The van der Waals surface area contributed by atoms with E-state index in [1.807, 2.05) is 0 Å². The number of hydrogen-bond donors (Lipinski definition) is 2. The molecule has 0 bridgehead atoms. The standard InChI is InChI=1S/C29H35F2NO4/c1-16(33)36-11-3-10-32-28-24(30)13-18(14-25(28)31)22-15-29(2)23(8-9-26(29)35)21-6-4-17-12-19(34)5-7-20(17)27(21)22/h12-14,21-23,26,32,35H,3-11,15H2,1-2H3. The summed E-state index contributed by atoms with van der Waals surface area (Å²) in [6, 6.07) is 2.87. The van der Waals surface area contributed by atoms with Crippen molar-refractivity contribution in [2.75, 3.05) is 18.5 Å². The van der Waals surface area contributed by atoms with Crippen LogP contribution in [0.2, 0.25) is 0 Å². The van der Waals surface area contributed by atoms with Crippen LogP contribution in [0.3, 0.4) is 0 Å². The third kappa shape index (κ3) is 4.40. The SMILES string of the molecule is CC(=O)OCCCNc1c(F)cc(C2CC3(C)C(O)CCC3C3CCC4=CC(=O)CCC4=C23)cc1F. The zero-order valence-electron chi connectivity index (χ0n) is 21.0. The second-order valence-electron chi connectivity index (χ2n) is 11.2. The summed E-state index contributed by atoms with van der Waals surface area (Å²) in [5.74, 6) is -1.12. The van der Waals surface area contributed by atoms with Gasteiger partial charge in [0.25, 0.3) is 0 Å². The molecule has 5 rings (SSSR count). The number of rotatable bonds is 6. The molecule has 194 valence electrons. The largest absolute Gasteiger partial charge is 0.466 e. The third-order valence-corrected chi connectivity index (χ3v) is 9.08. The molecule has 36 heavy (non-hydrogen) atoms. The Hall–Kier alpha value is -2.54. The van der Waals surface area contributed by atoms with Crippen molar-refractivity contribution in [1.29, 1.82) is 0 Å². The fourth-order valence-electron chi connectivity index (χ4n) is 7.40. The van der Waals surface area contributed by atoms with Crippen LogP contribution in [0, 0.1) is 28.9 Å². The van der Waals surface area contributed by atoms with Crippen LogP contribution in [0.5, 0.6) is 0 Å². The predicted molar refractivity (Wildman–Crippen MR) is 132 cm³/mol. The monoisotopic (exact) mass is 499 g/mol. The molecule has 0 spiro atoms. The van der Waals surface area contributed by atoms with Crippen molar-refractivity contribution >= 4 is 17.4 Å². The first kappa shape index (κ1) is 25.1. The molecule has 5 unspecified atom stereocenters. The van der Waals surface area contributed by atoms with Crippen molar-refractivity contribution in [3.63, 3.8) is 0 Å². The molecule has 1 aromatic rings. The van der Waals surface area contributed by atoms with Gasteiger partial charge in [0.2, 0.25) is 0 Å². The number of nitrogens with one attached hydrogen (secondary N) is 1. The summed E-state index contributed by atoms with van der Waals surface area (Å²) in [7, 11) is 0. The number of ketones is 1. The zero-order chi connectivity index (χ0) is 25.6. The van der Waals surface area contributed by atoms with Gasteiger partial charge < -0.3 is 15.2 Å². The third-order valence-electron chi connectivity index (χ3n) is 9.08. The van der Waals surface area contributed by atoms with E-state index >= 15 is 8.78 Å². The second kappa shape index (κ2) is 9.73. The molecule has 0 amide bonds. The maximum absolute atomic E-state index is 15.2. The van der Waals surface area contributed by atoms with Crippen molar-refractivity contribution < 1.29 is 28.2 Å². The van der Waals surface area contributed by atoms with Crippen LogP contribution in [-0.2, 0) is 14.3 Å². The Kier molecular flexibility index (Phi) is 6.79. The van der Waals surface area contributed by atoms with Crippen molar-refractivity contribution in [1.82, 2.24) is 0 Å². The number of halogens is 2. The Morgan fingerprint density at radius 3 is 2.64 bits per heavy atom. The van der Waals surface area contributed by atoms with Gasteiger partial charge in [0.15, 0.2) is 5.78 Å². The molecular weight excluding hydrogens is 464 g/mol. The summed E-state index contributed by atoms with van der Waals surface area (Å²) in [6.45, 7) is 3.92. The molecule has 4 aliphatic carbocycles. The van der Waals surface area contributed by atoms with Gasteiger partial charge in [-0.2, -0.15) is 0 Å². The molecule has 0 aliphatic heterocycles. The molecule has 7 heteroatoms. The number of fused-ring (bicyclic) bond motifs is 4. The van der Waals surface area contributed by atoms with Crippen molar-refractivity contribution in [3.8, 4) is 0 Å². The average Bonchev–Trinajstić information content (AvgIpc) is 3.13. The van der Waals surface area contributed by atoms with Gasteiger partial charge in [-0.1, -0.05) is 12.5 Å². The Bertz CT molecular complexity index is 1120. The maximum Gasteiger partial charge on any atom is 0.302 e. The molecule has 0 radical (unpaired) electrons. The first-order valence-electron chi connectivity index (χ1n) is 13.2. The number of aliphatic hydroxyl groups excluding tert-OH is 1. The minimum Gasteiger partial charge on any atom is -0.466 e. The maximum atomic E-state index is 15.2. The van der Waals surface area contributed by atoms with E-state index in [-0.39, 0.29) is 47.8 Å². The molecular formula is C29H35F2NO4. The van der Waals surface area contributed by atoms with E-state index in [1.54, 1.807) is 6.08 Å². The molecule has 0 heterocycles. The lowest BCUT2D eigenvalue weighted by Crippen LogP contribution is -2.45. The molecule has 2 fully saturated rings. The first-order chi connectivity index (χ1) is 17.2. The smallest absolute Gasteiger partial charge is 0.302 e. The van der Waals surface area contributed by atoms with E-state index in [0.29, 0.717) is 37.2 Å². The van der Waals surface area contributed by atoms with Crippen LogP contribution in [-0.4, -0.2) is 36.1 Å². The molecule has 5 atom stereocenters. The normalized spacial score (nSPS) is 31.4. The number of hydrogen-bond acceptors (Lipinski definition) is 5. The highest BCUT2D eigenvalue weighted by atomic mass is 19.1. The van der Waals surface area contributed by atoms with E-state index in [2.05, 4.69) is 12.2 Å². The number of ether oxygens (including phenoxy) is 1. The van der Waals surface area contributed by atoms with Gasteiger partial charge in [0.1, 0.15) is 17.3 Å². The summed E-state index contributed by atoms with van der Waals surface area (Å²) in [5, 5.41) is 13.8. The van der Waals surface area contributed by atoms with Crippen LogP contribution in [0.1, 0.15) is 76.7 Å². The first-order valence-corrected chi connectivity index (χ1v) is 13.2. The fraction of sp³-hybridized carbons (Fsp3) is 0.586. The molecule has 0 aromatic heterocycles. The van der Waals surface area contributed by atoms with E-state index in [0.717, 1.165) is 31.3 Å². The molecule has 2 N–H and O–H groups in total. The van der Waals surface area contributed by atoms with Crippen LogP contribution in [0.15, 0.2) is 34.9 Å². The molecule has 0 saturated heterocycles.